The van der Waals surface area contributed by atoms with E-state index in [9.17, 15) is 0 Å². The lowest BCUT2D eigenvalue weighted by atomic mass is 9.70. The van der Waals surface area contributed by atoms with Crippen LogP contribution in [0.3, 0.4) is 0 Å². The van der Waals surface area contributed by atoms with Crippen molar-refractivity contribution in [3.8, 4) is 0 Å². The van der Waals surface area contributed by atoms with Gasteiger partial charge in [-0.05, 0) is 44.9 Å². The Labute approximate surface area is 131 Å². The van der Waals surface area contributed by atoms with Gasteiger partial charge in [-0.1, -0.05) is 37.8 Å². The molecule has 4 atom stereocenters. The van der Waals surface area contributed by atoms with Crippen molar-refractivity contribution >= 4 is 7.28 Å². The Morgan fingerprint density at radius 3 is 2.43 bits per heavy atom. The number of hydrogen-bond donors (Lipinski definition) is 0. The lowest BCUT2D eigenvalue weighted by Crippen LogP contribution is -2.70. The fourth-order valence-corrected chi connectivity index (χ4v) is 6.19. The monoisotopic (exact) mass is 288 g/mol. The van der Waals surface area contributed by atoms with Gasteiger partial charge in [0.1, 0.15) is 7.28 Å². The topological polar surface area (TPSA) is 12.5 Å². The molecule has 4 fully saturated rings. The maximum absolute atomic E-state index is 5.65. The van der Waals surface area contributed by atoms with Crippen molar-refractivity contribution in [2.75, 3.05) is 13.2 Å². The van der Waals surface area contributed by atoms with Gasteiger partial charge in [0.15, 0.2) is 0 Å². The lowest BCUT2D eigenvalue weighted by Gasteiger charge is -2.60. The summed E-state index contributed by atoms with van der Waals surface area (Å²) in [7, 11) is 2.74. The quantitative estimate of drug-likeness (QED) is 0.718. The molecule has 0 N–H and O–H groups in total. The van der Waals surface area contributed by atoms with Crippen molar-refractivity contribution in [2.45, 2.75) is 88.6 Å². The number of likely N-dealkylation sites (tertiary alicyclic amines) is 1. The molecule has 0 amide bonds. The van der Waals surface area contributed by atoms with Gasteiger partial charge in [0.2, 0.25) is 0 Å². The van der Waals surface area contributed by atoms with Crippen molar-refractivity contribution in [3.05, 3.63) is 0 Å². The molecule has 3 aliphatic heterocycles. The van der Waals surface area contributed by atoms with Crippen LogP contribution in [0.4, 0.5) is 0 Å². The minimum atomic E-state index is 0.398. The van der Waals surface area contributed by atoms with E-state index in [1.165, 1.54) is 32.1 Å². The van der Waals surface area contributed by atoms with E-state index in [0.717, 1.165) is 36.9 Å². The zero-order chi connectivity index (χ0) is 14.8. The molecule has 0 aromatic rings. The summed E-state index contributed by atoms with van der Waals surface area (Å²) in [6.45, 7) is 11.7. The average Bonchev–Trinajstić information content (AvgIpc) is 3.11. The molecule has 1 saturated carbocycles. The molecule has 4 unspecified atom stereocenters. The molecular weight excluding hydrogens is 257 g/mol. The van der Waals surface area contributed by atoms with Gasteiger partial charge in [0.25, 0.3) is 0 Å². The average molecular weight is 288 g/mol. The number of hydrogen-bond acceptors (Lipinski definition) is 2. The second kappa shape index (κ2) is 4.74. The van der Waals surface area contributed by atoms with Gasteiger partial charge in [-0.3, -0.25) is 4.90 Å². The summed E-state index contributed by atoms with van der Waals surface area (Å²) in [5.41, 5.74) is 0.398. The van der Waals surface area contributed by atoms with Crippen molar-refractivity contribution in [1.29, 1.82) is 0 Å². The van der Waals surface area contributed by atoms with Gasteiger partial charge >= 0.3 is 0 Å². The molecule has 1 radical (unpaired) electrons. The Bertz CT molecular complexity index is 419. The Balaban J connectivity index is 1.62. The lowest BCUT2D eigenvalue weighted by molar-refractivity contribution is -0.193. The van der Waals surface area contributed by atoms with Crippen LogP contribution in [-0.4, -0.2) is 43.0 Å². The highest BCUT2D eigenvalue weighted by Crippen LogP contribution is 2.72. The predicted octanol–water partition coefficient (Wildman–Crippen LogP) is 3.75. The van der Waals surface area contributed by atoms with Crippen molar-refractivity contribution in [3.63, 3.8) is 0 Å². The second-order valence-electron chi connectivity index (χ2n) is 8.84. The number of nitrogens with zero attached hydrogens (tertiary/aromatic N) is 1. The molecule has 1 aliphatic carbocycles. The first-order chi connectivity index (χ1) is 10.0. The van der Waals surface area contributed by atoms with Crippen LogP contribution in [0, 0.1) is 11.8 Å². The summed E-state index contributed by atoms with van der Waals surface area (Å²) in [6.07, 6.45) is 7.09. The van der Waals surface area contributed by atoms with E-state index < -0.39 is 0 Å². The summed E-state index contributed by atoms with van der Waals surface area (Å²) in [6, 6.07) is 1.47. The van der Waals surface area contributed by atoms with E-state index in [2.05, 4.69) is 39.9 Å². The Morgan fingerprint density at radius 2 is 1.86 bits per heavy atom. The first-order valence-corrected chi connectivity index (χ1v) is 9.22. The van der Waals surface area contributed by atoms with Crippen molar-refractivity contribution in [1.82, 2.24) is 4.90 Å². The molecule has 3 heterocycles. The summed E-state index contributed by atoms with van der Waals surface area (Å²) in [5.74, 6) is 2.66. The highest BCUT2D eigenvalue weighted by atomic mass is 16.5. The number of fused-ring (bicyclic) bond motifs is 3. The zero-order valence-electron chi connectivity index (χ0n) is 14.3. The van der Waals surface area contributed by atoms with E-state index in [4.69, 9.17) is 4.74 Å². The first kappa shape index (κ1) is 14.6. The standard InChI is InChI=1S/C18H31BNO/c1-12(2)18-8-5-6-15-14(16(18)19-18)7-9-17(10-21-11-17)20(15)13(3)4/h12-16H,5-11H2,1-4H3. The molecular formula is C18H31BNO. The van der Waals surface area contributed by atoms with Crippen LogP contribution in [0.5, 0.6) is 0 Å². The van der Waals surface area contributed by atoms with Crippen LogP contribution in [0.2, 0.25) is 11.1 Å². The van der Waals surface area contributed by atoms with Crippen molar-refractivity contribution < 1.29 is 4.74 Å². The van der Waals surface area contributed by atoms with Crippen LogP contribution in [0.15, 0.2) is 0 Å². The Morgan fingerprint density at radius 1 is 1.10 bits per heavy atom. The van der Waals surface area contributed by atoms with Crippen molar-refractivity contribution in [2.24, 2.45) is 11.8 Å². The van der Waals surface area contributed by atoms with Gasteiger partial charge in [-0.15, -0.1) is 0 Å². The van der Waals surface area contributed by atoms with Gasteiger partial charge in [-0.2, -0.15) is 0 Å². The normalized spacial score (nSPS) is 44.8. The molecule has 0 bridgehead atoms. The maximum Gasteiger partial charge on any atom is 0.122 e. The van der Waals surface area contributed by atoms with Crippen LogP contribution in [-0.2, 0) is 4.74 Å². The van der Waals surface area contributed by atoms with Crippen LogP contribution < -0.4 is 0 Å². The van der Waals surface area contributed by atoms with E-state index in [-0.39, 0.29) is 0 Å². The molecule has 4 aliphatic rings. The molecule has 4 rings (SSSR count). The van der Waals surface area contributed by atoms with Gasteiger partial charge in [0.05, 0.1) is 18.8 Å². The third-order valence-corrected chi connectivity index (χ3v) is 7.29. The van der Waals surface area contributed by atoms with E-state index in [1.807, 2.05) is 0 Å². The largest absolute Gasteiger partial charge is 0.377 e. The molecule has 0 aromatic heterocycles. The van der Waals surface area contributed by atoms with Gasteiger partial charge in [-0.25, -0.2) is 0 Å². The molecule has 0 aromatic carbocycles. The molecule has 117 valence electrons. The van der Waals surface area contributed by atoms with Crippen LogP contribution in [0.1, 0.15) is 59.8 Å². The number of piperidine rings is 1. The molecule has 21 heavy (non-hydrogen) atoms. The predicted molar refractivity (Wildman–Crippen MR) is 87.9 cm³/mol. The molecule has 1 spiro atoms. The molecule has 3 heteroatoms. The van der Waals surface area contributed by atoms with E-state index in [1.54, 1.807) is 0 Å². The van der Waals surface area contributed by atoms with Crippen LogP contribution >= 0.6 is 0 Å². The Kier molecular flexibility index (Phi) is 3.29. The Hall–Kier alpha value is -0.0151. The minimum absolute atomic E-state index is 0.398. The summed E-state index contributed by atoms with van der Waals surface area (Å²) >= 11 is 0. The summed E-state index contributed by atoms with van der Waals surface area (Å²) in [4.78, 5) is 2.90. The van der Waals surface area contributed by atoms with Gasteiger partial charge < -0.3 is 4.74 Å². The third kappa shape index (κ3) is 1.92. The fourth-order valence-electron chi connectivity index (χ4n) is 6.19. The van der Waals surface area contributed by atoms with E-state index in [0.29, 0.717) is 16.9 Å². The highest BCUT2D eigenvalue weighted by Gasteiger charge is 2.64. The van der Waals surface area contributed by atoms with Gasteiger partial charge in [0, 0.05) is 12.1 Å². The number of rotatable bonds is 2. The third-order valence-electron chi connectivity index (χ3n) is 7.29. The number of ether oxygens (including phenoxy) is 1. The maximum atomic E-state index is 5.65. The zero-order valence-corrected chi connectivity index (χ0v) is 14.3. The van der Waals surface area contributed by atoms with Crippen LogP contribution in [0.25, 0.3) is 0 Å². The first-order valence-electron chi connectivity index (χ1n) is 9.22. The summed E-state index contributed by atoms with van der Waals surface area (Å²) in [5, 5.41) is 0.600. The molecule has 2 nitrogen and oxygen atoms in total. The second-order valence-corrected chi connectivity index (χ2v) is 8.84. The molecule has 3 saturated heterocycles. The summed E-state index contributed by atoms with van der Waals surface area (Å²) < 4.78 is 5.65. The highest BCUT2D eigenvalue weighted by molar-refractivity contribution is 6.57. The fraction of sp³-hybridized carbons (Fsp3) is 1.00. The smallest absolute Gasteiger partial charge is 0.122 e. The SMILES string of the molecule is CC(C)N1C2CCCC3(C(C)C)[B]C3C2CCC12COC2. The van der Waals surface area contributed by atoms with E-state index >= 15 is 0 Å². The minimum Gasteiger partial charge on any atom is -0.377 e.